The Bertz CT molecular complexity index is 924. The van der Waals surface area contributed by atoms with Gasteiger partial charge in [-0.2, -0.15) is 4.98 Å². The van der Waals surface area contributed by atoms with Crippen LogP contribution in [-0.2, 0) is 0 Å². The predicted molar refractivity (Wildman–Crippen MR) is 122 cm³/mol. The molecule has 0 radical (unpaired) electrons. The number of hydrogen-bond donors (Lipinski definition) is 4. The molecule has 0 amide bonds. The number of hydrazine groups is 1. The maximum absolute atomic E-state index is 5.96. The smallest absolute Gasteiger partial charge is 0.225 e. The SMILES string of the molecule is Clc1ccc(NNc2nc(NCCNC3CCCCC3)nc3ccccc23)cc1. The molecule has 7 heteroatoms. The molecule has 1 aromatic heterocycles. The molecule has 1 heterocycles. The van der Waals surface area contributed by atoms with Gasteiger partial charge in [0.1, 0.15) is 0 Å². The van der Waals surface area contributed by atoms with Crippen molar-refractivity contribution < 1.29 is 0 Å². The lowest BCUT2D eigenvalue weighted by Gasteiger charge is -2.22. The van der Waals surface area contributed by atoms with E-state index in [2.05, 4.69) is 31.5 Å². The molecule has 152 valence electrons. The van der Waals surface area contributed by atoms with Gasteiger partial charge in [-0.15, -0.1) is 0 Å². The van der Waals surface area contributed by atoms with Crippen LogP contribution >= 0.6 is 11.6 Å². The van der Waals surface area contributed by atoms with E-state index in [1.54, 1.807) is 0 Å². The highest BCUT2D eigenvalue weighted by atomic mass is 35.5. The Labute approximate surface area is 176 Å². The van der Waals surface area contributed by atoms with Gasteiger partial charge in [0.15, 0.2) is 5.82 Å². The minimum Gasteiger partial charge on any atom is -0.353 e. The first-order valence-electron chi connectivity index (χ1n) is 10.3. The Kier molecular flexibility index (Phi) is 6.64. The summed E-state index contributed by atoms with van der Waals surface area (Å²) in [6, 6.07) is 16.1. The molecule has 4 N–H and O–H groups in total. The second-order valence-electron chi connectivity index (χ2n) is 7.39. The fourth-order valence-electron chi connectivity index (χ4n) is 3.67. The third-order valence-corrected chi connectivity index (χ3v) is 5.47. The lowest BCUT2D eigenvalue weighted by molar-refractivity contribution is 0.378. The molecular formula is C22H27ClN6. The Balaban J connectivity index is 1.40. The molecule has 29 heavy (non-hydrogen) atoms. The molecule has 0 saturated heterocycles. The summed E-state index contributed by atoms with van der Waals surface area (Å²) in [7, 11) is 0. The number of hydrogen-bond acceptors (Lipinski definition) is 6. The monoisotopic (exact) mass is 410 g/mol. The van der Waals surface area contributed by atoms with Gasteiger partial charge in [-0.05, 0) is 49.2 Å². The van der Waals surface area contributed by atoms with Crippen LogP contribution in [-0.4, -0.2) is 29.1 Å². The minimum atomic E-state index is 0.620. The van der Waals surface area contributed by atoms with E-state index in [1.165, 1.54) is 32.1 Å². The van der Waals surface area contributed by atoms with Crippen molar-refractivity contribution in [3.8, 4) is 0 Å². The fraction of sp³-hybridized carbons (Fsp3) is 0.364. The first-order chi connectivity index (χ1) is 14.3. The summed E-state index contributed by atoms with van der Waals surface area (Å²) >= 11 is 5.96. The molecule has 1 aliphatic rings. The van der Waals surface area contributed by atoms with Crippen LogP contribution in [0, 0.1) is 0 Å². The number of halogens is 1. The number of aromatic nitrogens is 2. The molecular weight excluding hydrogens is 384 g/mol. The normalized spacial score (nSPS) is 14.7. The van der Waals surface area contributed by atoms with Crippen molar-refractivity contribution in [1.29, 1.82) is 0 Å². The highest BCUT2D eigenvalue weighted by Gasteiger charge is 2.12. The topological polar surface area (TPSA) is 73.9 Å². The van der Waals surface area contributed by atoms with Crippen LogP contribution < -0.4 is 21.5 Å². The summed E-state index contributed by atoms with van der Waals surface area (Å²) in [6.45, 7) is 1.70. The lowest BCUT2D eigenvalue weighted by atomic mass is 9.95. The van der Waals surface area contributed by atoms with Crippen molar-refractivity contribution in [2.75, 3.05) is 29.3 Å². The van der Waals surface area contributed by atoms with Crippen molar-refractivity contribution in [2.24, 2.45) is 0 Å². The summed E-state index contributed by atoms with van der Waals surface area (Å²) < 4.78 is 0. The van der Waals surface area contributed by atoms with E-state index in [-0.39, 0.29) is 0 Å². The first kappa shape index (κ1) is 19.7. The van der Waals surface area contributed by atoms with E-state index < -0.39 is 0 Å². The third kappa shape index (κ3) is 5.49. The quantitative estimate of drug-likeness (QED) is 0.307. The minimum absolute atomic E-state index is 0.620. The number of anilines is 3. The van der Waals surface area contributed by atoms with Gasteiger partial charge >= 0.3 is 0 Å². The van der Waals surface area contributed by atoms with E-state index in [9.17, 15) is 0 Å². The molecule has 0 aliphatic heterocycles. The first-order valence-corrected chi connectivity index (χ1v) is 10.7. The molecule has 0 bridgehead atoms. The van der Waals surface area contributed by atoms with Crippen LogP contribution in [0.5, 0.6) is 0 Å². The molecule has 0 spiro atoms. The Morgan fingerprint density at radius 2 is 1.66 bits per heavy atom. The van der Waals surface area contributed by atoms with E-state index >= 15 is 0 Å². The van der Waals surface area contributed by atoms with Gasteiger partial charge in [-0.1, -0.05) is 43.0 Å². The van der Waals surface area contributed by atoms with Crippen molar-refractivity contribution in [2.45, 2.75) is 38.1 Å². The van der Waals surface area contributed by atoms with Crippen LogP contribution in [0.3, 0.4) is 0 Å². The number of fused-ring (bicyclic) bond motifs is 1. The molecule has 0 atom stereocenters. The summed E-state index contributed by atoms with van der Waals surface area (Å²) in [5.74, 6) is 1.35. The Morgan fingerprint density at radius 3 is 2.48 bits per heavy atom. The van der Waals surface area contributed by atoms with Crippen LogP contribution in [0.25, 0.3) is 10.9 Å². The summed E-state index contributed by atoms with van der Waals surface area (Å²) in [5.41, 5.74) is 8.18. The van der Waals surface area contributed by atoms with E-state index in [1.807, 2.05) is 48.5 Å². The van der Waals surface area contributed by atoms with Gasteiger partial charge < -0.3 is 10.6 Å². The highest BCUT2D eigenvalue weighted by molar-refractivity contribution is 6.30. The zero-order valence-electron chi connectivity index (χ0n) is 16.4. The van der Waals surface area contributed by atoms with Crippen LogP contribution in [0.2, 0.25) is 5.02 Å². The van der Waals surface area contributed by atoms with E-state index in [4.69, 9.17) is 11.6 Å². The molecule has 0 unspecified atom stereocenters. The zero-order chi connectivity index (χ0) is 19.9. The van der Waals surface area contributed by atoms with E-state index in [0.717, 1.165) is 35.5 Å². The Morgan fingerprint density at radius 1 is 0.862 bits per heavy atom. The predicted octanol–water partition coefficient (Wildman–Crippen LogP) is 5.06. The zero-order valence-corrected chi connectivity index (χ0v) is 17.2. The molecule has 4 rings (SSSR count). The average molecular weight is 411 g/mol. The number of nitrogens with one attached hydrogen (secondary N) is 4. The number of benzene rings is 2. The second-order valence-corrected chi connectivity index (χ2v) is 7.82. The number of rotatable bonds is 8. The van der Waals surface area contributed by atoms with Gasteiger partial charge in [0, 0.05) is 29.5 Å². The summed E-state index contributed by atoms with van der Waals surface area (Å²) in [5, 5.41) is 8.65. The maximum Gasteiger partial charge on any atom is 0.225 e. The number of para-hydroxylation sites is 1. The van der Waals surface area contributed by atoms with Crippen LogP contribution in [0.1, 0.15) is 32.1 Å². The second kappa shape index (κ2) is 9.76. The van der Waals surface area contributed by atoms with Crippen LogP contribution in [0.4, 0.5) is 17.5 Å². The lowest BCUT2D eigenvalue weighted by Crippen LogP contribution is -2.34. The molecule has 1 saturated carbocycles. The van der Waals surface area contributed by atoms with Gasteiger partial charge in [0.2, 0.25) is 5.95 Å². The fourth-order valence-corrected chi connectivity index (χ4v) is 3.80. The van der Waals surface area contributed by atoms with Crippen molar-refractivity contribution in [3.05, 3.63) is 53.6 Å². The summed E-state index contributed by atoms with van der Waals surface area (Å²) in [4.78, 5) is 9.32. The van der Waals surface area contributed by atoms with Crippen molar-refractivity contribution in [1.82, 2.24) is 15.3 Å². The maximum atomic E-state index is 5.96. The van der Waals surface area contributed by atoms with Crippen LogP contribution in [0.15, 0.2) is 48.5 Å². The van der Waals surface area contributed by atoms with Gasteiger partial charge in [0.05, 0.1) is 11.2 Å². The van der Waals surface area contributed by atoms with E-state index in [0.29, 0.717) is 17.0 Å². The number of nitrogens with zero attached hydrogens (tertiary/aromatic N) is 2. The van der Waals surface area contributed by atoms with Gasteiger partial charge in [0.25, 0.3) is 0 Å². The molecule has 1 fully saturated rings. The molecule has 2 aromatic carbocycles. The van der Waals surface area contributed by atoms with Gasteiger partial charge in [-0.3, -0.25) is 10.9 Å². The standard InChI is InChI=1S/C22H27ClN6/c23-16-10-12-18(13-11-16)28-29-21-19-8-4-5-9-20(19)26-22(27-21)25-15-14-24-17-6-2-1-3-7-17/h4-5,8-13,17,24,28H,1-3,6-7,14-15H2,(H2,25,26,27,29). The van der Waals surface area contributed by atoms with Crippen molar-refractivity contribution in [3.63, 3.8) is 0 Å². The molecule has 6 nitrogen and oxygen atoms in total. The average Bonchev–Trinajstić information content (AvgIpc) is 2.77. The summed E-state index contributed by atoms with van der Waals surface area (Å²) in [6.07, 6.45) is 6.64. The van der Waals surface area contributed by atoms with Crippen molar-refractivity contribution >= 4 is 40.0 Å². The Hall–Kier alpha value is -2.57. The highest BCUT2D eigenvalue weighted by Crippen LogP contribution is 2.22. The molecule has 1 aliphatic carbocycles. The van der Waals surface area contributed by atoms with Gasteiger partial charge in [-0.25, -0.2) is 4.98 Å². The largest absolute Gasteiger partial charge is 0.353 e. The molecule has 3 aromatic rings. The third-order valence-electron chi connectivity index (χ3n) is 5.22.